The summed E-state index contributed by atoms with van der Waals surface area (Å²) in [7, 11) is 0. The maximum Gasteiger partial charge on any atom is 0.253 e. The van der Waals surface area contributed by atoms with Crippen molar-refractivity contribution in [2.45, 2.75) is 13.3 Å². The molecule has 3 rings (SSSR count). The minimum atomic E-state index is -0.131. The van der Waals surface area contributed by atoms with Crippen LogP contribution in [-0.2, 0) is 11.2 Å². The van der Waals surface area contributed by atoms with Crippen LogP contribution in [0.4, 0.5) is 5.69 Å². The summed E-state index contributed by atoms with van der Waals surface area (Å²) in [6.45, 7) is 3.48. The van der Waals surface area contributed by atoms with Gasteiger partial charge in [-0.1, -0.05) is 29.8 Å². The van der Waals surface area contributed by atoms with E-state index < -0.39 is 0 Å². The summed E-state index contributed by atoms with van der Waals surface area (Å²) in [6.07, 6.45) is 0.214. The van der Waals surface area contributed by atoms with Crippen LogP contribution in [0.15, 0.2) is 42.5 Å². The molecule has 136 valence electrons. The van der Waals surface area contributed by atoms with Gasteiger partial charge in [0.15, 0.2) is 0 Å². The van der Waals surface area contributed by atoms with Crippen LogP contribution in [0.5, 0.6) is 0 Å². The fourth-order valence-corrected chi connectivity index (χ4v) is 4.00. The van der Waals surface area contributed by atoms with Crippen LogP contribution in [-0.4, -0.2) is 41.3 Å². The highest BCUT2D eigenvalue weighted by Crippen LogP contribution is 2.21. The number of carbonyl (C=O) groups is 2. The van der Waals surface area contributed by atoms with Gasteiger partial charge in [-0.15, -0.1) is 0 Å². The number of benzene rings is 2. The van der Waals surface area contributed by atoms with E-state index in [1.807, 2.05) is 47.9 Å². The summed E-state index contributed by atoms with van der Waals surface area (Å²) >= 11 is 7.98. The van der Waals surface area contributed by atoms with Crippen molar-refractivity contribution in [3.05, 3.63) is 64.2 Å². The molecular formula is C20H21ClN2O2S. The Bertz CT molecular complexity index is 819. The van der Waals surface area contributed by atoms with Crippen LogP contribution in [0.2, 0.25) is 5.02 Å². The molecule has 0 spiro atoms. The summed E-state index contributed by atoms with van der Waals surface area (Å²) in [5.74, 6) is 1.90. The summed E-state index contributed by atoms with van der Waals surface area (Å²) in [5.41, 5.74) is 3.04. The van der Waals surface area contributed by atoms with Gasteiger partial charge in [0, 0.05) is 40.9 Å². The van der Waals surface area contributed by atoms with Gasteiger partial charge in [0.25, 0.3) is 5.91 Å². The van der Waals surface area contributed by atoms with Crippen molar-refractivity contribution in [3.63, 3.8) is 0 Å². The summed E-state index contributed by atoms with van der Waals surface area (Å²) in [4.78, 5) is 26.8. The molecule has 6 heteroatoms. The van der Waals surface area contributed by atoms with Crippen LogP contribution in [0, 0.1) is 6.92 Å². The maximum absolute atomic E-state index is 12.6. The first-order chi connectivity index (χ1) is 12.5. The average Bonchev–Trinajstić information content (AvgIpc) is 2.65. The standard InChI is InChI=1S/C20H21ClN2O2S/c1-14-12-16(20(25)23-8-10-26-11-9-23)6-7-18(14)22-19(24)13-15-4-2-3-5-17(15)21/h2-7,12H,8-11,13H2,1H3,(H,22,24). The van der Waals surface area contributed by atoms with Gasteiger partial charge >= 0.3 is 0 Å². The zero-order valence-corrected chi connectivity index (χ0v) is 16.2. The molecule has 0 aromatic heterocycles. The van der Waals surface area contributed by atoms with Gasteiger partial charge in [-0.25, -0.2) is 0 Å². The number of carbonyl (C=O) groups excluding carboxylic acids is 2. The molecular weight excluding hydrogens is 368 g/mol. The fourth-order valence-electron chi connectivity index (χ4n) is 2.90. The number of hydrogen-bond acceptors (Lipinski definition) is 3. The zero-order chi connectivity index (χ0) is 18.5. The van der Waals surface area contributed by atoms with E-state index in [0.29, 0.717) is 16.3 Å². The number of aryl methyl sites for hydroxylation is 1. The lowest BCUT2D eigenvalue weighted by Gasteiger charge is -2.26. The van der Waals surface area contributed by atoms with E-state index in [2.05, 4.69) is 5.32 Å². The molecule has 1 N–H and O–H groups in total. The Morgan fingerprint density at radius 2 is 1.88 bits per heavy atom. The monoisotopic (exact) mass is 388 g/mol. The van der Waals surface area contributed by atoms with Crippen molar-refractivity contribution in [1.29, 1.82) is 0 Å². The summed E-state index contributed by atoms with van der Waals surface area (Å²) in [5, 5.41) is 3.49. The predicted octanol–water partition coefficient (Wildman–Crippen LogP) is 4.02. The Kier molecular flexibility index (Phi) is 6.22. The molecule has 26 heavy (non-hydrogen) atoms. The number of amides is 2. The summed E-state index contributed by atoms with van der Waals surface area (Å²) in [6, 6.07) is 12.7. The highest BCUT2D eigenvalue weighted by atomic mass is 35.5. The van der Waals surface area contributed by atoms with Crippen LogP contribution in [0.3, 0.4) is 0 Å². The Morgan fingerprint density at radius 3 is 2.58 bits per heavy atom. The van der Waals surface area contributed by atoms with Gasteiger partial charge < -0.3 is 10.2 Å². The molecule has 0 aliphatic carbocycles. The second-order valence-corrected chi connectivity index (χ2v) is 7.88. The van der Waals surface area contributed by atoms with E-state index >= 15 is 0 Å². The van der Waals surface area contributed by atoms with E-state index in [-0.39, 0.29) is 18.2 Å². The molecule has 2 aromatic rings. The first kappa shape index (κ1) is 18.8. The van der Waals surface area contributed by atoms with Crippen LogP contribution < -0.4 is 5.32 Å². The van der Waals surface area contributed by atoms with Crippen LogP contribution in [0.1, 0.15) is 21.5 Å². The van der Waals surface area contributed by atoms with E-state index in [0.717, 1.165) is 35.7 Å². The Morgan fingerprint density at radius 1 is 1.15 bits per heavy atom. The molecule has 2 aromatic carbocycles. The van der Waals surface area contributed by atoms with E-state index in [4.69, 9.17) is 11.6 Å². The van der Waals surface area contributed by atoms with E-state index in [1.165, 1.54) is 0 Å². The molecule has 1 aliphatic heterocycles. The normalized spacial score (nSPS) is 14.2. The van der Waals surface area contributed by atoms with Crippen LogP contribution in [0.25, 0.3) is 0 Å². The van der Waals surface area contributed by atoms with Crippen molar-refractivity contribution < 1.29 is 9.59 Å². The smallest absolute Gasteiger partial charge is 0.253 e. The lowest BCUT2D eigenvalue weighted by molar-refractivity contribution is -0.115. The second kappa shape index (κ2) is 8.60. The SMILES string of the molecule is Cc1cc(C(=O)N2CCSCC2)ccc1NC(=O)Cc1ccccc1Cl. The third-order valence-corrected chi connectivity index (χ3v) is 5.67. The van der Waals surface area contributed by atoms with Gasteiger partial charge in [-0.3, -0.25) is 9.59 Å². The lowest BCUT2D eigenvalue weighted by atomic mass is 10.1. The van der Waals surface area contributed by atoms with Crippen molar-refractivity contribution in [3.8, 4) is 0 Å². The molecule has 2 amide bonds. The van der Waals surface area contributed by atoms with Gasteiger partial charge in [0.05, 0.1) is 6.42 Å². The molecule has 4 nitrogen and oxygen atoms in total. The minimum absolute atomic E-state index is 0.0577. The number of thioether (sulfide) groups is 1. The highest BCUT2D eigenvalue weighted by molar-refractivity contribution is 7.99. The highest BCUT2D eigenvalue weighted by Gasteiger charge is 2.19. The van der Waals surface area contributed by atoms with Crippen molar-refractivity contribution in [2.75, 3.05) is 29.9 Å². The molecule has 0 bridgehead atoms. The Labute approximate surface area is 162 Å². The van der Waals surface area contributed by atoms with E-state index in [9.17, 15) is 9.59 Å². The average molecular weight is 389 g/mol. The number of anilines is 1. The molecule has 1 aliphatic rings. The molecule has 0 unspecified atom stereocenters. The van der Waals surface area contributed by atoms with E-state index in [1.54, 1.807) is 18.2 Å². The van der Waals surface area contributed by atoms with Gasteiger partial charge in [0.2, 0.25) is 5.91 Å². The molecule has 1 heterocycles. The Balaban J connectivity index is 1.66. The molecule has 0 saturated carbocycles. The quantitative estimate of drug-likeness (QED) is 0.860. The minimum Gasteiger partial charge on any atom is -0.337 e. The fraction of sp³-hybridized carbons (Fsp3) is 0.300. The number of hydrogen-bond donors (Lipinski definition) is 1. The van der Waals surface area contributed by atoms with Gasteiger partial charge in [-0.05, 0) is 42.3 Å². The lowest BCUT2D eigenvalue weighted by Crippen LogP contribution is -2.37. The topological polar surface area (TPSA) is 49.4 Å². The molecule has 1 fully saturated rings. The van der Waals surface area contributed by atoms with Gasteiger partial charge in [-0.2, -0.15) is 11.8 Å². The summed E-state index contributed by atoms with van der Waals surface area (Å²) < 4.78 is 0. The zero-order valence-electron chi connectivity index (χ0n) is 14.6. The van der Waals surface area contributed by atoms with Crippen molar-refractivity contribution >= 4 is 40.9 Å². The molecule has 0 radical (unpaired) electrons. The number of nitrogens with zero attached hydrogens (tertiary/aromatic N) is 1. The first-order valence-corrected chi connectivity index (χ1v) is 10.1. The van der Waals surface area contributed by atoms with Crippen molar-refractivity contribution in [2.24, 2.45) is 0 Å². The van der Waals surface area contributed by atoms with Crippen molar-refractivity contribution in [1.82, 2.24) is 4.90 Å². The van der Waals surface area contributed by atoms with Crippen LogP contribution >= 0.6 is 23.4 Å². The largest absolute Gasteiger partial charge is 0.337 e. The third kappa shape index (κ3) is 4.59. The maximum atomic E-state index is 12.6. The number of rotatable bonds is 4. The molecule has 1 saturated heterocycles. The first-order valence-electron chi connectivity index (χ1n) is 8.55. The molecule has 0 atom stereocenters. The number of nitrogens with one attached hydrogen (secondary N) is 1. The third-order valence-electron chi connectivity index (χ3n) is 4.35. The predicted molar refractivity (Wildman–Crippen MR) is 108 cm³/mol. The number of halogens is 1. The Hall–Kier alpha value is -1.98. The van der Waals surface area contributed by atoms with Gasteiger partial charge in [0.1, 0.15) is 0 Å². The second-order valence-electron chi connectivity index (χ2n) is 6.25.